The zero-order valence-electron chi connectivity index (χ0n) is 19.6. The highest BCUT2D eigenvalue weighted by Crippen LogP contribution is 2.28. The molecule has 2 aromatic rings. The fourth-order valence-corrected chi connectivity index (χ4v) is 4.02. The van der Waals surface area contributed by atoms with Crippen LogP contribution in [-0.4, -0.2) is 41.9 Å². The number of nitrogens with zero attached hydrogens (tertiary/aromatic N) is 1. The first kappa shape index (κ1) is 24.4. The van der Waals surface area contributed by atoms with Gasteiger partial charge in [0.15, 0.2) is 6.10 Å². The minimum atomic E-state index is -0.972. The number of aryl methyl sites for hydroxylation is 1. The molecule has 1 N–H and O–H groups in total. The maximum atomic E-state index is 13.1. The predicted octanol–water partition coefficient (Wildman–Crippen LogP) is 4.68. The first-order valence-electron chi connectivity index (χ1n) is 11.3. The van der Waals surface area contributed by atoms with E-state index in [1.165, 1.54) is 24.3 Å². The lowest BCUT2D eigenvalue weighted by molar-refractivity contribution is -0.158. The number of hydrogen-bond donors (Lipinski definition) is 1. The smallest absolute Gasteiger partial charge is 0.311 e. The molecule has 0 saturated carbocycles. The number of nitrogens with one attached hydrogen (secondary N) is 1. The number of likely N-dealkylation sites (tertiary alicyclic amines) is 1. The molecular weight excluding hydrogens is 423 g/mol. The van der Waals surface area contributed by atoms with Crippen LogP contribution < -0.4 is 5.32 Å². The second-order valence-electron chi connectivity index (χ2n) is 8.86. The summed E-state index contributed by atoms with van der Waals surface area (Å²) in [5, 5.41) is 2.91. The molecule has 2 unspecified atom stereocenters. The van der Waals surface area contributed by atoms with Gasteiger partial charge in [0.1, 0.15) is 5.82 Å². The van der Waals surface area contributed by atoms with E-state index in [2.05, 4.69) is 19.2 Å². The van der Waals surface area contributed by atoms with Gasteiger partial charge >= 0.3 is 5.97 Å². The Morgan fingerprint density at radius 3 is 2.45 bits per heavy atom. The Morgan fingerprint density at radius 2 is 1.79 bits per heavy atom. The van der Waals surface area contributed by atoms with Crippen LogP contribution in [0.3, 0.4) is 0 Å². The molecule has 2 aromatic carbocycles. The Morgan fingerprint density at radius 1 is 1.09 bits per heavy atom. The fourth-order valence-electron chi connectivity index (χ4n) is 4.02. The van der Waals surface area contributed by atoms with E-state index in [-0.39, 0.29) is 18.4 Å². The number of carbonyl (C=O) groups excluding carboxylic acids is 3. The molecule has 0 bridgehead atoms. The molecule has 1 fully saturated rings. The maximum Gasteiger partial charge on any atom is 0.311 e. The average molecular weight is 455 g/mol. The Bertz CT molecular complexity index is 1020. The van der Waals surface area contributed by atoms with Crippen LogP contribution >= 0.6 is 0 Å². The van der Waals surface area contributed by atoms with Crippen molar-refractivity contribution in [2.75, 3.05) is 18.4 Å². The van der Waals surface area contributed by atoms with Gasteiger partial charge in [0.05, 0.1) is 5.92 Å². The molecule has 6 nitrogen and oxygen atoms in total. The van der Waals surface area contributed by atoms with Crippen LogP contribution in [0.4, 0.5) is 10.1 Å². The third kappa shape index (κ3) is 5.97. The standard InChI is InChI=1S/C26H31FN2O4/c1-16(2)22-9-5-7-17(3)23(22)28-24(30)18(4)33-26(32)20-8-6-14-29(15-20)25(31)19-10-12-21(27)13-11-19/h5,7,9-13,16,18,20H,6,8,14-15H2,1-4H3,(H,28,30). The molecule has 0 aliphatic carbocycles. The van der Waals surface area contributed by atoms with Crippen LogP contribution in [0, 0.1) is 18.7 Å². The lowest BCUT2D eigenvalue weighted by Gasteiger charge is -2.32. The van der Waals surface area contributed by atoms with E-state index < -0.39 is 29.7 Å². The first-order valence-corrected chi connectivity index (χ1v) is 11.3. The molecule has 0 aromatic heterocycles. The first-order chi connectivity index (χ1) is 15.7. The number of anilines is 1. The Balaban J connectivity index is 1.61. The highest BCUT2D eigenvalue weighted by Gasteiger charge is 2.32. The van der Waals surface area contributed by atoms with Crippen molar-refractivity contribution >= 4 is 23.5 Å². The molecule has 33 heavy (non-hydrogen) atoms. The summed E-state index contributed by atoms with van der Waals surface area (Å²) in [7, 11) is 0. The zero-order valence-corrected chi connectivity index (χ0v) is 19.6. The third-order valence-electron chi connectivity index (χ3n) is 5.97. The zero-order chi connectivity index (χ0) is 24.1. The van der Waals surface area contributed by atoms with Gasteiger partial charge in [-0.05, 0) is 68.0 Å². The number of amides is 2. The number of hydrogen-bond acceptors (Lipinski definition) is 4. The van der Waals surface area contributed by atoms with Gasteiger partial charge < -0.3 is 15.0 Å². The maximum absolute atomic E-state index is 13.1. The molecule has 1 heterocycles. The van der Waals surface area contributed by atoms with E-state index in [9.17, 15) is 18.8 Å². The second-order valence-corrected chi connectivity index (χ2v) is 8.86. The Kier molecular flexibility index (Phi) is 7.84. The van der Waals surface area contributed by atoms with Crippen molar-refractivity contribution in [1.29, 1.82) is 0 Å². The van der Waals surface area contributed by atoms with Crippen LogP contribution in [0.2, 0.25) is 0 Å². The topological polar surface area (TPSA) is 75.7 Å². The molecular formula is C26H31FN2O4. The van der Waals surface area contributed by atoms with E-state index >= 15 is 0 Å². The van der Waals surface area contributed by atoms with Crippen LogP contribution in [0.5, 0.6) is 0 Å². The number of carbonyl (C=O) groups is 3. The molecule has 2 atom stereocenters. The summed E-state index contributed by atoms with van der Waals surface area (Å²) < 4.78 is 18.6. The molecule has 3 rings (SSSR count). The number of esters is 1. The predicted molar refractivity (Wildman–Crippen MR) is 124 cm³/mol. The van der Waals surface area contributed by atoms with E-state index in [1.54, 1.807) is 11.8 Å². The summed E-state index contributed by atoms with van der Waals surface area (Å²) in [6.45, 7) is 8.30. The molecule has 7 heteroatoms. The van der Waals surface area contributed by atoms with Gasteiger partial charge in [-0.25, -0.2) is 4.39 Å². The van der Waals surface area contributed by atoms with Crippen LogP contribution in [0.25, 0.3) is 0 Å². The van der Waals surface area contributed by atoms with Crippen LogP contribution in [-0.2, 0) is 14.3 Å². The van der Waals surface area contributed by atoms with Crippen molar-refractivity contribution in [3.8, 4) is 0 Å². The SMILES string of the molecule is Cc1cccc(C(C)C)c1NC(=O)C(C)OC(=O)C1CCCN(C(=O)c2ccc(F)cc2)C1. The van der Waals surface area contributed by atoms with Gasteiger partial charge in [-0.2, -0.15) is 0 Å². The summed E-state index contributed by atoms with van der Waals surface area (Å²) in [4.78, 5) is 39.8. The second kappa shape index (κ2) is 10.6. The highest BCUT2D eigenvalue weighted by molar-refractivity contribution is 5.97. The number of halogens is 1. The minimum absolute atomic E-state index is 0.207. The summed E-state index contributed by atoms with van der Waals surface area (Å²) in [6.07, 6.45) is 0.254. The molecule has 1 aliphatic rings. The van der Waals surface area contributed by atoms with Crippen LogP contribution in [0.15, 0.2) is 42.5 Å². The summed E-state index contributed by atoms with van der Waals surface area (Å²) >= 11 is 0. The van der Waals surface area contributed by atoms with E-state index in [1.807, 2.05) is 25.1 Å². The summed E-state index contributed by atoms with van der Waals surface area (Å²) in [5.41, 5.74) is 3.07. The third-order valence-corrected chi connectivity index (χ3v) is 5.97. The number of rotatable bonds is 6. The van der Waals surface area contributed by atoms with Gasteiger partial charge in [-0.3, -0.25) is 14.4 Å². The van der Waals surface area contributed by atoms with E-state index in [0.29, 0.717) is 24.9 Å². The number of para-hydroxylation sites is 1. The molecule has 2 amide bonds. The van der Waals surface area contributed by atoms with Crippen molar-refractivity contribution in [3.05, 3.63) is 65.0 Å². The number of piperidine rings is 1. The Hall–Kier alpha value is -3.22. The lowest BCUT2D eigenvalue weighted by Crippen LogP contribution is -2.44. The minimum Gasteiger partial charge on any atom is -0.452 e. The van der Waals surface area contributed by atoms with E-state index in [0.717, 1.165) is 16.8 Å². The van der Waals surface area contributed by atoms with Crippen molar-refractivity contribution in [1.82, 2.24) is 4.90 Å². The monoisotopic (exact) mass is 454 g/mol. The largest absolute Gasteiger partial charge is 0.452 e. The van der Waals surface area contributed by atoms with Crippen molar-refractivity contribution in [3.63, 3.8) is 0 Å². The average Bonchev–Trinajstić information content (AvgIpc) is 2.80. The quantitative estimate of drug-likeness (QED) is 0.643. The molecule has 0 spiro atoms. The van der Waals surface area contributed by atoms with Gasteiger partial charge in [0, 0.05) is 24.3 Å². The van der Waals surface area contributed by atoms with Crippen molar-refractivity contribution < 1.29 is 23.5 Å². The number of ether oxygens (including phenoxy) is 1. The highest BCUT2D eigenvalue weighted by atomic mass is 19.1. The molecule has 1 aliphatic heterocycles. The van der Waals surface area contributed by atoms with Gasteiger partial charge in [0.2, 0.25) is 0 Å². The van der Waals surface area contributed by atoms with Crippen LogP contribution in [0.1, 0.15) is 61.0 Å². The normalized spacial score (nSPS) is 16.9. The molecule has 0 radical (unpaired) electrons. The molecule has 176 valence electrons. The molecule has 1 saturated heterocycles. The number of benzene rings is 2. The lowest BCUT2D eigenvalue weighted by atomic mass is 9.97. The summed E-state index contributed by atoms with van der Waals surface area (Å²) in [6, 6.07) is 11.2. The van der Waals surface area contributed by atoms with Gasteiger partial charge in [-0.15, -0.1) is 0 Å². The summed E-state index contributed by atoms with van der Waals surface area (Å²) in [5.74, 6) is -1.84. The Labute approximate surface area is 194 Å². The fraction of sp³-hybridized carbons (Fsp3) is 0.423. The van der Waals surface area contributed by atoms with Gasteiger partial charge in [-0.1, -0.05) is 32.0 Å². The van der Waals surface area contributed by atoms with Crippen molar-refractivity contribution in [2.45, 2.75) is 52.6 Å². The van der Waals surface area contributed by atoms with Crippen molar-refractivity contribution in [2.24, 2.45) is 5.92 Å². The van der Waals surface area contributed by atoms with E-state index in [4.69, 9.17) is 4.74 Å². The van der Waals surface area contributed by atoms with Gasteiger partial charge in [0.25, 0.3) is 11.8 Å².